The van der Waals surface area contributed by atoms with Gasteiger partial charge in [0.1, 0.15) is 17.8 Å². The van der Waals surface area contributed by atoms with Crippen molar-refractivity contribution >= 4 is 17.0 Å². The fourth-order valence-electron chi connectivity index (χ4n) is 3.93. The molecular weight excluding hydrogens is 420 g/mol. The molecule has 0 aliphatic carbocycles. The molecular formula is C23H20N8O2. The second-order valence-corrected chi connectivity index (χ2v) is 7.65. The molecule has 1 aliphatic rings. The number of morpholine rings is 1. The summed E-state index contributed by atoms with van der Waals surface area (Å²) >= 11 is 0. The van der Waals surface area contributed by atoms with E-state index < -0.39 is 0 Å². The quantitative estimate of drug-likeness (QED) is 0.417. The van der Waals surface area contributed by atoms with Crippen LogP contribution in [-0.4, -0.2) is 60.8 Å². The molecule has 6 heterocycles. The van der Waals surface area contributed by atoms with Crippen LogP contribution in [-0.2, 0) is 11.8 Å². The predicted molar refractivity (Wildman–Crippen MR) is 121 cm³/mol. The SMILES string of the molecule is Cn1c(-c2ccncc2)nc2c(N3CCOCC3)nc(-c3ccnc(-c4ccoc4)n3)nc21. The molecule has 0 amide bonds. The summed E-state index contributed by atoms with van der Waals surface area (Å²) in [6.45, 7) is 2.75. The first kappa shape index (κ1) is 19.5. The predicted octanol–water partition coefficient (Wildman–Crippen LogP) is 2.98. The highest BCUT2D eigenvalue weighted by molar-refractivity contribution is 5.88. The van der Waals surface area contributed by atoms with Gasteiger partial charge in [0.2, 0.25) is 0 Å². The van der Waals surface area contributed by atoms with Gasteiger partial charge >= 0.3 is 0 Å². The minimum atomic E-state index is 0.514. The number of pyridine rings is 1. The molecule has 0 saturated carbocycles. The molecule has 0 atom stereocenters. The highest BCUT2D eigenvalue weighted by Gasteiger charge is 2.23. The average Bonchev–Trinajstić information content (AvgIpc) is 3.54. The molecule has 0 spiro atoms. The van der Waals surface area contributed by atoms with Gasteiger partial charge in [-0.3, -0.25) is 4.98 Å². The van der Waals surface area contributed by atoms with Gasteiger partial charge in [-0.05, 0) is 24.3 Å². The zero-order valence-corrected chi connectivity index (χ0v) is 17.9. The third-order valence-electron chi connectivity index (χ3n) is 5.61. The third kappa shape index (κ3) is 3.50. The first-order valence-corrected chi connectivity index (χ1v) is 10.6. The Morgan fingerprint density at radius 2 is 1.70 bits per heavy atom. The number of anilines is 1. The van der Waals surface area contributed by atoms with Crippen molar-refractivity contribution in [1.29, 1.82) is 0 Å². The first-order valence-electron chi connectivity index (χ1n) is 10.6. The molecule has 0 bridgehead atoms. The maximum atomic E-state index is 5.56. The summed E-state index contributed by atoms with van der Waals surface area (Å²) in [7, 11) is 1.96. The second kappa shape index (κ2) is 8.06. The number of aryl methyl sites for hydroxylation is 1. The van der Waals surface area contributed by atoms with Crippen molar-refractivity contribution in [2.24, 2.45) is 7.05 Å². The Morgan fingerprint density at radius 3 is 2.48 bits per heavy atom. The number of rotatable bonds is 4. The Morgan fingerprint density at radius 1 is 0.848 bits per heavy atom. The Balaban J connectivity index is 1.55. The van der Waals surface area contributed by atoms with Crippen LogP contribution in [0.3, 0.4) is 0 Å². The minimum Gasteiger partial charge on any atom is -0.472 e. The van der Waals surface area contributed by atoms with E-state index in [1.807, 2.05) is 35.9 Å². The number of hydrogen-bond acceptors (Lipinski definition) is 9. The lowest BCUT2D eigenvalue weighted by atomic mass is 10.2. The Bertz CT molecular complexity index is 1410. The number of fused-ring (bicyclic) bond motifs is 1. The Hall–Kier alpha value is -4.18. The van der Waals surface area contributed by atoms with Crippen LogP contribution in [0.5, 0.6) is 0 Å². The lowest BCUT2D eigenvalue weighted by Crippen LogP contribution is -2.37. The fraction of sp³-hybridized carbons (Fsp3) is 0.217. The number of nitrogens with zero attached hydrogens (tertiary/aromatic N) is 8. The number of ether oxygens (including phenoxy) is 1. The summed E-state index contributed by atoms with van der Waals surface area (Å²) < 4.78 is 12.7. The van der Waals surface area contributed by atoms with Gasteiger partial charge in [0.05, 0.1) is 25.0 Å². The van der Waals surface area contributed by atoms with Gasteiger partial charge < -0.3 is 18.6 Å². The normalized spacial score (nSPS) is 14.2. The summed E-state index contributed by atoms with van der Waals surface area (Å²) in [5.74, 6) is 2.65. The van der Waals surface area contributed by atoms with Crippen LogP contribution in [0.25, 0.3) is 45.5 Å². The molecule has 0 unspecified atom stereocenters. The molecule has 10 heteroatoms. The summed E-state index contributed by atoms with van der Waals surface area (Å²) in [6.07, 6.45) is 8.43. The highest BCUT2D eigenvalue weighted by Crippen LogP contribution is 2.31. The van der Waals surface area contributed by atoms with Crippen molar-refractivity contribution in [1.82, 2.24) is 34.5 Å². The molecule has 0 N–H and O–H groups in total. The minimum absolute atomic E-state index is 0.514. The van der Waals surface area contributed by atoms with Gasteiger partial charge in [-0.25, -0.2) is 24.9 Å². The van der Waals surface area contributed by atoms with E-state index in [1.165, 1.54) is 0 Å². The van der Waals surface area contributed by atoms with E-state index in [0.29, 0.717) is 30.6 Å². The highest BCUT2D eigenvalue weighted by atomic mass is 16.5. The van der Waals surface area contributed by atoms with Crippen molar-refractivity contribution in [2.45, 2.75) is 0 Å². The molecule has 6 rings (SSSR count). The molecule has 164 valence electrons. The largest absolute Gasteiger partial charge is 0.472 e. The van der Waals surface area contributed by atoms with E-state index in [2.05, 4.69) is 14.9 Å². The summed E-state index contributed by atoms with van der Waals surface area (Å²) in [5.41, 5.74) is 3.87. The van der Waals surface area contributed by atoms with Crippen molar-refractivity contribution in [3.05, 3.63) is 55.4 Å². The molecule has 0 aromatic carbocycles. The summed E-state index contributed by atoms with van der Waals surface area (Å²) in [5, 5.41) is 0. The number of hydrogen-bond donors (Lipinski definition) is 0. The van der Waals surface area contributed by atoms with Crippen molar-refractivity contribution in [2.75, 3.05) is 31.2 Å². The zero-order chi connectivity index (χ0) is 22.2. The monoisotopic (exact) mass is 440 g/mol. The van der Waals surface area contributed by atoms with Gasteiger partial charge in [-0.2, -0.15) is 0 Å². The van der Waals surface area contributed by atoms with Crippen molar-refractivity contribution in [3.63, 3.8) is 0 Å². The van der Waals surface area contributed by atoms with E-state index in [4.69, 9.17) is 29.1 Å². The maximum Gasteiger partial charge on any atom is 0.182 e. The molecule has 10 nitrogen and oxygen atoms in total. The molecule has 1 fully saturated rings. The van der Waals surface area contributed by atoms with E-state index in [0.717, 1.165) is 47.0 Å². The smallest absolute Gasteiger partial charge is 0.182 e. The van der Waals surface area contributed by atoms with E-state index >= 15 is 0 Å². The average molecular weight is 440 g/mol. The van der Waals surface area contributed by atoms with E-state index in [-0.39, 0.29) is 0 Å². The fourth-order valence-corrected chi connectivity index (χ4v) is 3.93. The summed E-state index contributed by atoms with van der Waals surface area (Å²) in [4.78, 5) is 30.1. The molecule has 1 saturated heterocycles. The van der Waals surface area contributed by atoms with Crippen molar-refractivity contribution in [3.8, 4) is 34.3 Å². The van der Waals surface area contributed by atoms with Crippen LogP contribution in [0.15, 0.2) is 59.8 Å². The van der Waals surface area contributed by atoms with Crippen LogP contribution in [0.1, 0.15) is 0 Å². The van der Waals surface area contributed by atoms with Gasteiger partial charge in [0.25, 0.3) is 0 Å². The maximum absolute atomic E-state index is 5.56. The number of imidazole rings is 1. The summed E-state index contributed by atoms with van der Waals surface area (Å²) in [6, 6.07) is 7.51. The van der Waals surface area contributed by atoms with Crippen LogP contribution in [0.4, 0.5) is 5.82 Å². The topological polar surface area (TPSA) is 108 Å². The molecule has 33 heavy (non-hydrogen) atoms. The lowest BCUT2D eigenvalue weighted by Gasteiger charge is -2.28. The van der Waals surface area contributed by atoms with Gasteiger partial charge in [0.15, 0.2) is 28.6 Å². The van der Waals surface area contributed by atoms with Crippen LogP contribution in [0.2, 0.25) is 0 Å². The van der Waals surface area contributed by atoms with Crippen molar-refractivity contribution < 1.29 is 9.15 Å². The van der Waals surface area contributed by atoms with E-state index in [1.54, 1.807) is 31.1 Å². The first-order chi connectivity index (χ1) is 16.3. The Kier molecular flexibility index (Phi) is 4.76. The third-order valence-corrected chi connectivity index (χ3v) is 5.61. The Labute approximate surface area is 189 Å². The lowest BCUT2D eigenvalue weighted by molar-refractivity contribution is 0.122. The van der Waals surface area contributed by atoms with Crippen LogP contribution < -0.4 is 4.90 Å². The van der Waals surface area contributed by atoms with E-state index in [9.17, 15) is 0 Å². The molecule has 5 aromatic rings. The van der Waals surface area contributed by atoms with Gasteiger partial charge in [0, 0.05) is 44.3 Å². The molecule has 1 aliphatic heterocycles. The van der Waals surface area contributed by atoms with Gasteiger partial charge in [-0.1, -0.05) is 0 Å². The molecule has 0 radical (unpaired) electrons. The zero-order valence-electron chi connectivity index (χ0n) is 17.9. The van der Waals surface area contributed by atoms with Crippen LogP contribution >= 0.6 is 0 Å². The number of furan rings is 1. The van der Waals surface area contributed by atoms with Gasteiger partial charge in [-0.15, -0.1) is 0 Å². The molecule has 5 aromatic heterocycles. The van der Waals surface area contributed by atoms with Crippen LogP contribution in [0, 0.1) is 0 Å². The standard InChI is InChI=1S/C23H20N8O2/c1-30-21(15-2-6-24-7-3-15)27-18-22(30)28-20(29-23(18)31-9-12-32-13-10-31)17-4-8-25-19(26-17)16-5-11-33-14-16/h2-8,11,14H,9-10,12-13H2,1H3. The second-order valence-electron chi connectivity index (χ2n) is 7.65. The number of aromatic nitrogens is 7.